The van der Waals surface area contributed by atoms with Gasteiger partial charge in [-0.2, -0.15) is 0 Å². The molecule has 0 radical (unpaired) electrons. The quantitative estimate of drug-likeness (QED) is 0.900. The Morgan fingerprint density at radius 3 is 2.71 bits per heavy atom. The molecule has 2 N–H and O–H groups in total. The number of nitrogens with zero attached hydrogens (tertiary/aromatic N) is 3. The summed E-state index contributed by atoms with van der Waals surface area (Å²) in [6.45, 7) is 2.96. The maximum atomic E-state index is 4.71. The van der Waals surface area contributed by atoms with Crippen molar-refractivity contribution in [3.8, 4) is 0 Å². The number of hydrogen-bond acceptors (Lipinski definition) is 4. The van der Waals surface area contributed by atoms with Gasteiger partial charge in [0.2, 0.25) is 0 Å². The predicted octanol–water partition coefficient (Wildman–Crippen LogP) is 3.69. The first kappa shape index (κ1) is 14.2. The van der Waals surface area contributed by atoms with Crippen LogP contribution in [0.2, 0.25) is 0 Å². The number of nitrogens with one attached hydrogen (secondary N) is 2. The number of imidazole rings is 1. The summed E-state index contributed by atoms with van der Waals surface area (Å²) in [5.74, 6) is 1.81. The van der Waals surface area contributed by atoms with Gasteiger partial charge in [-0.15, -0.1) is 0 Å². The zero-order valence-electron chi connectivity index (χ0n) is 12.8. The van der Waals surface area contributed by atoms with Gasteiger partial charge in [0.25, 0.3) is 0 Å². The minimum atomic E-state index is 0.523. The summed E-state index contributed by atoms with van der Waals surface area (Å²) in [6.07, 6.45) is 15.0. The zero-order chi connectivity index (χ0) is 14.5. The molecular formula is C16H25N5. The summed E-state index contributed by atoms with van der Waals surface area (Å²) in [5, 5.41) is 6.93. The van der Waals surface area contributed by atoms with Gasteiger partial charge in [0.15, 0.2) is 11.5 Å². The average molecular weight is 287 g/mol. The van der Waals surface area contributed by atoms with E-state index in [1.165, 1.54) is 44.9 Å². The molecule has 0 saturated heterocycles. The molecule has 2 heterocycles. The van der Waals surface area contributed by atoms with Crippen LogP contribution in [0.25, 0.3) is 5.65 Å². The van der Waals surface area contributed by atoms with Gasteiger partial charge in [-0.3, -0.25) is 0 Å². The molecule has 5 heteroatoms. The molecule has 0 aromatic carbocycles. The molecule has 114 valence electrons. The van der Waals surface area contributed by atoms with Crippen LogP contribution in [0.5, 0.6) is 0 Å². The number of hydrogen-bond donors (Lipinski definition) is 2. The van der Waals surface area contributed by atoms with Crippen LogP contribution in [0.15, 0.2) is 18.6 Å². The highest BCUT2D eigenvalue weighted by molar-refractivity contribution is 5.65. The lowest BCUT2D eigenvalue weighted by atomic mass is 9.97. The predicted molar refractivity (Wildman–Crippen MR) is 86.9 cm³/mol. The van der Waals surface area contributed by atoms with E-state index in [4.69, 9.17) is 4.98 Å². The number of rotatable bonds is 4. The molecule has 1 saturated carbocycles. The standard InChI is InChI=1S/C16H25N5/c1-2-17-14-12-21-11-10-18-16(21)15(20-14)19-13-8-6-4-3-5-7-9-13/h10-13,17H,2-9H2,1H3,(H,19,20). The van der Waals surface area contributed by atoms with Gasteiger partial charge in [0, 0.05) is 25.0 Å². The van der Waals surface area contributed by atoms with Crippen LogP contribution in [0, 0.1) is 0 Å². The van der Waals surface area contributed by atoms with Gasteiger partial charge in [-0.25, -0.2) is 9.97 Å². The summed E-state index contributed by atoms with van der Waals surface area (Å²) >= 11 is 0. The lowest BCUT2D eigenvalue weighted by Gasteiger charge is -2.22. The topological polar surface area (TPSA) is 54.2 Å². The SMILES string of the molecule is CCNc1cn2ccnc2c(NC2CCCCCCC2)n1. The molecule has 2 aromatic heterocycles. The smallest absolute Gasteiger partial charge is 0.180 e. The van der Waals surface area contributed by atoms with Crippen LogP contribution in [0.3, 0.4) is 0 Å². The normalized spacial score (nSPS) is 17.4. The van der Waals surface area contributed by atoms with Crippen molar-refractivity contribution in [2.24, 2.45) is 0 Å². The molecule has 0 amide bonds. The summed E-state index contributed by atoms with van der Waals surface area (Å²) in [5.41, 5.74) is 0.915. The van der Waals surface area contributed by atoms with Crippen molar-refractivity contribution in [2.45, 2.75) is 57.9 Å². The highest BCUT2D eigenvalue weighted by atomic mass is 15.1. The number of fused-ring (bicyclic) bond motifs is 1. The number of aromatic nitrogens is 3. The van der Waals surface area contributed by atoms with Crippen molar-refractivity contribution in [2.75, 3.05) is 17.2 Å². The lowest BCUT2D eigenvalue weighted by Crippen LogP contribution is -2.22. The second-order valence-corrected chi connectivity index (χ2v) is 5.85. The van der Waals surface area contributed by atoms with E-state index in [1.54, 1.807) is 0 Å². The van der Waals surface area contributed by atoms with E-state index in [2.05, 4.69) is 22.5 Å². The number of anilines is 2. The molecule has 3 rings (SSSR count). The van der Waals surface area contributed by atoms with Crippen LogP contribution >= 0.6 is 0 Å². The average Bonchev–Trinajstić information content (AvgIpc) is 2.90. The van der Waals surface area contributed by atoms with Gasteiger partial charge < -0.3 is 15.0 Å². The minimum Gasteiger partial charge on any atom is -0.369 e. The highest BCUT2D eigenvalue weighted by Gasteiger charge is 2.14. The van der Waals surface area contributed by atoms with Gasteiger partial charge in [-0.05, 0) is 19.8 Å². The molecule has 1 aliphatic carbocycles. The Morgan fingerprint density at radius 1 is 1.19 bits per heavy atom. The Balaban J connectivity index is 1.82. The molecule has 5 nitrogen and oxygen atoms in total. The van der Waals surface area contributed by atoms with Crippen LogP contribution < -0.4 is 10.6 Å². The molecule has 1 fully saturated rings. The third kappa shape index (κ3) is 3.46. The maximum Gasteiger partial charge on any atom is 0.180 e. The van der Waals surface area contributed by atoms with Crippen molar-refractivity contribution < 1.29 is 0 Å². The van der Waals surface area contributed by atoms with Crippen LogP contribution in [-0.4, -0.2) is 27.0 Å². The lowest BCUT2D eigenvalue weighted by molar-refractivity contribution is 0.471. The second kappa shape index (κ2) is 6.78. The van der Waals surface area contributed by atoms with Crippen molar-refractivity contribution in [1.82, 2.24) is 14.4 Å². The van der Waals surface area contributed by atoms with Crippen molar-refractivity contribution >= 4 is 17.3 Å². The highest BCUT2D eigenvalue weighted by Crippen LogP contribution is 2.23. The van der Waals surface area contributed by atoms with E-state index in [0.717, 1.165) is 23.8 Å². The maximum absolute atomic E-state index is 4.71. The van der Waals surface area contributed by atoms with Gasteiger partial charge in [0.1, 0.15) is 5.82 Å². The zero-order valence-corrected chi connectivity index (χ0v) is 12.8. The third-order valence-electron chi connectivity index (χ3n) is 4.18. The Bertz CT molecular complexity index is 569. The molecular weight excluding hydrogens is 262 g/mol. The van der Waals surface area contributed by atoms with E-state index in [0.29, 0.717) is 6.04 Å². The van der Waals surface area contributed by atoms with E-state index in [1.807, 2.05) is 23.0 Å². The fourth-order valence-corrected chi connectivity index (χ4v) is 3.09. The molecule has 0 atom stereocenters. The van der Waals surface area contributed by atoms with Crippen molar-refractivity contribution in [3.05, 3.63) is 18.6 Å². The summed E-state index contributed by atoms with van der Waals surface area (Å²) in [6, 6.07) is 0.523. The fourth-order valence-electron chi connectivity index (χ4n) is 3.09. The Labute approximate surface area is 126 Å². The van der Waals surface area contributed by atoms with Gasteiger partial charge in [-0.1, -0.05) is 32.1 Å². The second-order valence-electron chi connectivity index (χ2n) is 5.85. The van der Waals surface area contributed by atoms with E-state index in [9.17, 15) is 0 Å². The van der Waals surface area contributed by atoms with Gasteiger partial charge >= 0.3 is 0 Å². The molecule has 0 aliphatic heterocycles. The summed E-state index contributed by atoms with van der Waals surface area (Å²) in [4.78, 5) is 9.14. The van der Waals surface area contributed by atoms with Gasteiger partial charge in [0.05, 0.1) is 6.20 Å². The van der Waals surface area contributed by atoms with E-state index in [-0.39, 0.29) is 0 Å². The Hall–Kier alpha value is -1.78. The Kier molecular flexibility index (Phi) is 4.58. The van der Waals surface area contributed by atoms with Crippen LogP contribution in [0.4, 0.5) is 11.6 Å². The first-order valence-electron chi connectivity index (χ1n) is 8.21. The molecule has 21 heavy (non-hydrogen) atoms. The molecule has 1 aliphatic rings. The van der Waals surface area contributed by atoms with E-state index >= 15 is 0 Å². The van der Waals surface area contributed by atoms with E-state index < -0.39 is 0 Å². The van der Waals surface area contributed by atoms with Crippen molar-refractivity contribution in [3.63, 3.8) is 0 Å². The monoisotopic (exact) mass is 287 g/mol. The van der Waals surface area contributed by atoms with Crippen LogP contribution in [-0.2, 0) is 0 Å². The first-order chi connectivity index (χ1) is 10.4. The third-order valence-corrected chi connectivity index (χ3v) is 4.18. The largest absolute Gasteiger partial charge is 0.369 e. The first-order valence-corrected chi connectivity index (χ1v) is 8.21. The molecule has 0 bridgehead atoms. The summed E-state index contributed by atoms with van der Waals surface area (Å²) < 4.78 is 2.04. The molecule has 0 unspecified atom stereocenters. The molecule has 2 aromatic rings. The minimum absolute atomic E-state index is 0.523. The summed E-state index contributed by atoms with van der Waals surface area (Å²) in [7, 11) is 0. The fraction of sp³-hybridized carbons (Fsp3) is 0.625. The Morgan fingerprint density at radius 2 is 1.95 bits per heavy atom. The molecule has 0 spiro atoms. The van der Waals surface area contributed by atoms with Crippen molar-refractivity contribution in [1.29, 1.82) is 0 Å². The van der Waals surface area contributed by atoms with Crippen LogP contribution in [0.1, 0.15) is 51.9 Å².